The molecule has 0 saturated carbocycles. The highest BCUT2D eigenvalue weighted by atomic mass is 32.2. The monoisotopic (exact) mass is 377 g/mol. The van der Waals surface area contributed by atoms with Crippen LogP contribution in [0.3, 0.4) is 0 Å². The van der Waals surface area contributed by atoms with E-state index in [1.165, 1.54) is 12.1 Å². The summed E-state index contributed by atoms with van der Waals surface area (Å²) >= 11 is 0. The van der Waals surface area contributed by atoms with Crippen LogP contribution in [0.1, 0.15) is 25.3 Å². The quantitative estimate of drug-likeness (QED) is 0.728. The number of rotatable bonds is 8. The van der Waals surface area contributed by atoms with Gasteiger partial charge in [-0.15, -0.1) is 0 Å². The Hall–Kier alpha value is -2.45. The van der Waals surface area contributed by atoms with Crippen molar-refractivity contribution in [2.45, 2.75) is 37.2 Å². The third-order valence-corrected chi connectivity index (χ3v) is 4.80. The Morgan fingerprint density at radius 3 is 2.77 bits per heavy atom. The van der Waals surface area contributed by atoms with Crippen LogP contribution in [0.4, 0.5) is 0 Å². The van der Waals surface area contributed by atoms with Crippen LogP contribution in [0.15, 0.2) is 47.5 Å². The Labute approximate surface area is 153 Å². The Bertz CT molecular complexity index is 868. The number of nitrogens with two attached hydrogens (primary N) is 1. The normalized spacial score (nSPS) is 12.4. The van der Waals surface area contributed by atoms with Crippen molar-refractivity contribution in [3.8, 4) is 11.6 Å². The second-order valence-electron chi connectivity index (χ2n) is 5.93. The molecule has 0 radical (unpaired) electrons. The first kappa shape index (κ1) is 19.9. The minimum atomic E-state index is -3.34. The van der Waals surface area contributed by atoms with Crippen LogP contribution < -0.4 is 15.8 Å². The first-order valence-electron chi connectivity index (χ1n) is 8.26. The number of pyridine rings is 1. The summed E-state index contributed by atoms with van der Waals surface area (Å²) < 4.78 is 29.1. The Morgan fingerprint density at radius 1 is 1.31 bits per heavy atom. The van der Waals surface area contributed by atoms with E-state index in [0.717, 1.165) is 12.7 Å². The molecule has 1 atom stereocenters. The molecule has 0 bridgehead atoms. The highest BCUT2D eigenvalue weighted by Crippen LogP contribution is 2.25. The van der Waals surface area contributed by atoms with Crippen molar-refractivity contribution >= 4 is 15.7 Å². The third-order valence-electron chi connectivity index (χ3n) is 3.69. The molecule has 26 heavy (non-hydrogen) atoms. The van der Waals surface area contributed by atoms with E-state index in [1.54, 1.807) is 30.5 Å². The number of benzene rings is 1. The molecule has 0 spiro atoms. The fourth-order valence-corrected chi connectivity index (χ4v) is 2.94. The van der Waals surface area contributed by atoms with E-state index >= 15 is 0 Å². The Morgan fingerprint density at radius 2 is 2.08 bits per heavy atom. The third kappa shape index (κ3) is 5.53. The van der Waals surface area contributed by atoms with Gasteiger partial charge in [-0.1, -0.05) is 25.5 Å². The van der Waals surface area contributed by atoms with Crippen LogP contribution in [0.25, 0.3) is 0 Å². The van der Waals surface area contributed by atoms with Crippen molar-refractivity contribution in [2.24, 2.45) is 5.73 Å². The first-order chi connectivity index (χ1) is 12.3. The molecule has 140 valence electrons. The van der Waals surface area contributed by atoms with E-state index in [-0.39, 0.29) is 17.3 Å². The maximum atomic E-state index is 12.0. The maximum absolute atomic E-state index is 12.0. The first-order valence-corrected chi connectivity index (χ1v) is 10.2. The summed E-state index contributed by atoms with van der Waals surface area (Å²) in [5, 5.41) is 2.77. The average Bonchev–Trinajstić information content (AvgIpc) is 2.60. The van der Waals surface area contributed by atoms with Crippen molar-refractivity contribution in [3.63, 3.8) is 0 Å². The molecule has 1 heterocycles. The van der Waals surface area contributed by atoms with Gasteiger partial charge in [0.1, 0.15) is 5.75 Å². The number of ether oxygens (including phenoxy) is 1. The van der Waals surface area contributed by atoms with Gasteiger partial charge < -0.3 is 15.8 Å². The van der Waals surface area contributed by atoms with Gasteiger partial charge in [-0.05, 0) is 30.7 Å². The molecule has 0 saturated heterocycles. The minimum Gasteiger partial charge on any atom is -0.439 e. The lowest BCUT2D eigenvalue weighted by Crippen LogP contribution is -2.40. The smallest absolute Gasteiger partial charge is 0.237 e. The van der Waals surface area contributed by atoms with Gasteiger partial charge in [-0.2, -0.15) is 0 Å². The van der Waals surface area contributed by atoms with Crippen molar-refractivity contribution in [2.75, 3.05) is 6.26 Å². The zero-order valence-electron chi connectivity index (χ0n) is 14.8. The number of carbonyl (C=O) groups excluding carboxylic acids is 1. The number of sulfone groups is 1. The second-order valence-corrected chi connectivity index (χ2v) is 7.95. The van der Waals surface area contributed by atoms with Gasteiger partial charge in [-0.3, -0.25) is 4.79 Å². The van der Waals surface area contributed by atoms with E-state index in [9.17, 15) is 13.2 Å². The summed E-state index contributed by atoms with van der Waals surface area (Å²) in [6, 6.07) is 9.12. The lowest BCUT2D eigenvalue weighted by Gasteiger charge is -2.13. The van der Waals surface area contributed by atoms with Gasteiger partial charge in [-0.25, -0.2) is 13.4 Å². The van der Waals surface area contributed by atoms with E-state index in [4.69, 9.17) is 10.5 Å². The SMILES string of the molecule is CCCC(N)C(=O)NCc1cccnc1Oc1cccc(S(C)(=O)=O)c1. The van der Waals surface area contributed by atoms with Crippen LogP contribution in [0.2, 0.25) is 0 Å². The van der Waals surface area contributed by atoms with Gasteiger partial charge in [0.15, 0.2) is 9.84 Å². The molecule has 1 unspecified atom stereocenters. The van der Waals surface area contributed by atoms with Crippen molar-refractivity contribution < 1.29 is 17.9 Å². The molecule has 0 aliphatic heterocycles. The Kier molecular flexibility index (Phi) is 6.70. The van der Waals surface area contributed by atoms with Crippen molar-refractivity contribution in [1.29, 1.82) is 0 Å². The lowest BCUT2D eigenvalue weighted by atomic mass is 10.1. The number of hydrogen-bond acceptors (Lipinski definition) is 6. The van der Waals surface area contributed by atoms with Gasteiger partial charge in [0.25, 0.3) is 0 Å². The van der Waals surface area contributed by atoms with Gasteiger partial charge >= 0.3 is 0 Å². The number of hydrogen-bond donors (Lipinski definition) is 2. The van der Waals surface area contributed by atoms with Gasteiger partial charge in [0.05, 0.1) is 10.9 Å². The zero-order valence-corrected chi connectivity index (χ0v) is 15.6. The molecular formula is C18H23N3O4S. The second kappa shape index (κ2) is 8.77. The van der Waals surface area contributed by atoms with Crippen LogP contribution in [0.5, 0.6) is 11.6 Å². The standard InChI is InChI=1S/C18H23N3O4S/c1-3-6-16(19)17(22)21-12-13-7-5-10-20-18(13)25-14-8-4-9-15(11-14)26(2,23)24/h4-5,7-11,16H,3,6,12,19H2,1-2H3,(H,21,22). The summed E-state index contributed by atoms with van der Waals surface area (Å²) in [6.45, 7) is 2.18. The summed E-state index contributed by atoms with van der Waals surface area (Å²) in [5.74, 6) is 0.408. The highest BCUT2D eigenvalue weighted by Gasteiger charge is 2.14. The molecule has 1 aromatic carbocycles. The van der Waals surface area contributed by atoms with E-state index in [0.29, 0.717) is 23.6 Å². The molecule has 2 rings (SSSR count). The fourth-order valence-electron chi connectivity index (χ4n) is 2.29. The summed E-state index contributed by atoms with van der Waals surface area (Å²) in [6.07, 6.45) is 4.13. The number of nitrogens with zero attached hydrogens (tertiary/aromatic N) is 1. The molecular weight excluding hydrogens is 354 g/mol. The van der Waals surface area contributed by atoms with Crippen LogP contribution >= 0.6 is 0 Å². The fraction of sp³-hybridized carbons (Fsp3) is 0.333. The number of aromatic nitrogens is 1. The summed E-state index contributed by atoms with van der Waals surface area (Å²) in [5.41, 5.74) is 6.46. The molecule has 7 nitrogen and oxygen atoms in total. The van der Waals surface area contributed by atoms with Crippen molar-refractivity contribution in [1.82, 2.24) is 10.3 Å². The highest BCUT2D eigenvalue weighted by molar-refractivity contribution is 7.90. The predicted molar refractivity (Wildman–Crippen MR) is 98.6 cm³/mol. The largest absolute Gasteiger partial charge is 0.439 e. The van der Waals surface area contributed by atoms with E-state index < -0.39 is 15.9 Å². The lowest BCUT2D eigenvalue weighted by molar-refractivity contribution is -0.122. The molecule has 0 aliphatic carbocycles. The van der Waals surface area contributed by atoms with E-state index in [2.05, 4.69) is 10.3 Å². The van der Waals surface area contributed by atoms with Gasteiger partial charge in [0, 0.05) is 24.6 Å². The molecule has 1 aromatic heterocycles. The average molecular weight is 377 g/mol. The summed E-state index contributed by atoms with van der Waals surface area (Å²) in [4.78, 5) is 16.3. The molecule has 8 heteroatoms. The zero-order chi connectivity index (χ0) is 19.2. The topological polar surface area (TPSA) is 111 Å². The maximum Gasteiger partial charge on any atom is 0.237 e. The van der Waals surface area contributed by atoms with Crippen LogP contribution in [-0.2, 0) is 21.2 Å². The predicted octanol–water partition coefficient (Wildman–Crippen LogP) is 2.02. The number of nitrogens with one attached hydrogen (secondary N) is 1. The summed E-state index contributed by atoms with van der Waals surface area (Å²) in [7, 11) is -3.34. The van der Waals surface area contributed by atoms with E-state index in [1.807, 2.05) is 6.92 Å². The Balaban J connectivity index is 2.13. The van der Waals surface area contributed by atoms with Crippen LogP contribution in [0, 0.1) is 0 Å². The number of carbonyl (C=O) groups is 1. The molecule has 2 aromatic rings. The molecule has 3 N–H and O–H groups in total. The van der Waals surface area contributed by atoms with Crippen LogP contribution in [-0.4, -0.2) is 31.6 Å². The van der Waals surface area contributed by atoms with Gasteiger partial charge in [0.2, 0.25) is 11.8 Å². The molecule has 0 fully saturated rings. The molecule has 0 aliphatic rings. The molecule has 1 amide bonds. The van der Waals surface area contributed by atoms with Crippen molar-refractivity contribution in [3.05, 3.63) is 48.2 Å². The minimum absolute atomic E-state index is 0.159. The number of amides is 1.